The summed E-state index contributed by atoms with van der Waals surface area (Å²) in [6.45, 7) is 4.32. The van der Waals surface area contributed by atoms with Crippen LogP contribution >= 0.6 is 0 Å². The number of rotatable bonds is 5. The molecule has 2 heteroatoms. The van der Waals surface area contributed by atoms with Crippen molar-refractivity contribution in [2.75, 3.05) is 13.1 Å². The predicted molar refractivity (Wildman–Crippen MR) is 95.3 cm³/mol. The number of hydrogen-bond donors (Lipinski definition) is 1. The molecular weight excluding hydrogens is 282 g/mol. The molecule has 2 aromatic rings. The van der Waals surface area contributed by atoms with Gasteiger partial charge in [-0.1, -0.05) is 60.7 Å². The van der Waals surface area contributed by atoms with Gasteiger partial charge in [-0.05, 0) is 56.3 Å². The Morgan fingerprint density at radius 3 is 2.13 bits per heavy atom. The van der Waals surface area contributed by atoms with Crippen LogP contribution in [0.15, 0.2) is 60.7 Å². The molecule has 1 fully saturated rings. The van der Waals surface area contributed by atoms with E-state index in [1.165, 1.54) is 24.8 Å². The van der Waals surface area contributed by atoms with E-state index >= 15 is 0 Å². The Bertz CT molecular complexity index is 575. The minimum atomic E-state index is -0.401. The van der Waals surface area contributed by atoms with Gasteiger partial charge in [0.25, 0.3) is 0 Å². The molecule has 1 N–H and O–H groups in total. The Morgan fingerprint density at radius 2 is 1.52 bits per heavy atom. The van der Waals surface area contributed by atoms with Crippen molar-refractivity contribution < 1.29 is 5.11 Å². The summed E-state index contributed by atoms with van der Waals surface area (Å²) in [6, 6.07) is 21.0. The molecule has 0 aliphatic carbocycles. The second kappa shape index (κ2) is 7.76. The van der Waals surface area contributed by atoms with Crippen molar-refractivity contribution in [1.82, 2.24) is 4.90 Å². The summed E-state index contributed by atoms with van der Waals surface area (Å²) in [5.74, 6) is 0.773. The average molecular weight is 309 g/mol. The second-order valence-electron chi connectivity index (χ2n) is 6.77. The molecule has 0 unspecified atom stereocenters. The Labute approximate surface area is 139 Å². The minimum absolute atomic E-state index is 0.176. The molecule has 0 spiro atoms. The van der Waals surface area contributed by atoms with Crippen molar-refractivity contribution in [3.05, 3.63) is 71.8 Å². The molecule has 0 amide bonds. The van der Waals surface area contributed by atoms with Crippen LogP contribution in [0.25, 0.3) is 0 Å². The molecule has 0 saturated carbocycles. The molecule has 1 aliphatic rings. The van der Waals surface area contributed by atoms with Crippen LogP contribution in [-0.4, -0.2) is 29.1 Å². The third kappa shape index (κ3) is 4.21. The van der Waals surface area contributed by atoms with Crippen molar-refractivity contribution in [1.29, 1.82) is 0 Å². The first-order valence-corrected chi connectivity index (χ1v) is 8.75. The molecule has 23 heavy (non-hydrogen) atoms. The smallest absolute Gasteiger partial charge is 0.0942 e. The number of benzene rings is 2. The van der Waals surface area contributed by atoms with Crippen LogP contribution < -0.4 is 0 Å². The van der Waals surface area contributed by atoms with Gasteiger partial charge in [-0.25, -0.2) is 0 Å². The molecule has 1 saturated heterocycles. The van der Waals surface area contributed by atoms with Crippen LogP contribution in [0.2, 0.25) is 0 Å². The fourth-order valence-electron chi connectivity index (χ4n) is 3.64. The highest BCUT2D eigenvalue weighted by atomic mass is 16.3. The molecule has 1 heterocycles. The first-order chi connectivity index (χ1) is 11.2. The lowest BCUT2D eigenvalue weighted by Gasteiger charge is -2.38. The average Bonchev–Trinajstić information content (AvgIpc) is 2.63. The van der Waals surface area contributed by atoms with Crippen LogP contribution in [0, 0.1) is 5.92 Å². The first-order valence-electron chi connectivity index (χ1n) is 8.75. The zero-order valence-corrected chi connectivity index (χ0v) is 13.9. The van der Waals surface area contributed by atoms with Gasteiger partial charge in [0.2, 0.25) is 0 Å². The third-order valence-corrected chi connectivity index (χ3v) is 5.19. The van der Waals surface area contributed by atoms with E-state index in [4.69, 9.17) is 0 Å². The highest BCUT2D eigenvalue weighted by Crippen LogP contribution is 2.27. The Balaban J connectivity index is 1.52. The van der Waals surface area contributed by atoms with E-state index in [2.05, 4.69) is 42.2 Å². The fraction of sp³-hybridized carbons (Fsp3) is 0.429. The number of hydrogen-bond acceptors (Lipinski definition) is 2. The van der Waals surface area contributed by atoms with Crippen LogP contribution in [0.5, 0.6) is 0 Å². The van der Waals surface area contributed by atoms with Gasteiger partial charge in [-0.2, -0.15) is 0 Å². The molecule has 122 valence electrons. The van der Waals surface area contributed by atoms with Crippen molar-refractivity contribution in [2.45, 2.75) is 38.3 Å². The topological polar surface area (TPSA) is 23.5 Å². The fourth-order valence-corrected chi connectivity index (χ4v) is 3.64. The number of aliphatic hydroxyl groups excluding tert-OH is 1. The Hall–Kier alpha value is -1.64. The number of nitrogens with zero attached hydrogens (tertiary/aromatic N) is 1. The molecule has 2 nitrogen and oxygen atoms in total. The molecule has 3 rings (SSSR count). The molecule has 1 aliphatic heterocycles. The number of aliphatic hydroxyl groups is 1. The minimum Gasteiger partial charge on any atom is -0.387 e. The molecule has 2 atom stereocenters. The van der Waals surface area contributed by atoms with E-state index in [-0.39, 0.29) is 6.04 Å². The lowest BCUT2D eigenvalue weighted by atomic mass is 9.89. The van der Waals surface area contributed by atoms with E-state index in [0.29, 0.717) is 0 Å². The van der Waals surface area contributed by atoms with E-state index in [9.17, 15) is 5.11 Å². The van der Waals surface area contributed by atoms with E-state index in [0.717, 1.165) is 24.6 Å². The van der Waals surface area contributed by atoms with Crippen LogP contribution in [0.3, 0.4) is 0 Å². The second-order valence-corrected chi connectivity index (χ2v) is 6.77. The standard InChI is InChI=1S/C21H27NO/c1-17(21(23)20-10-6-3-7-11-20)22-14-12-19(13-15-22)16-18-8-4-2-5-9-18/h2-11,17,19,21,23H,12-16H2,1H3/t17-,21+/m1/s1. The van der Waals surface area contributed by atoms with Gasteiger partial charge in [0.05, 0.1) is 6.10 Å². The molecular formula is C21H27NO. The molecule has 2 aromatic carbocycles. The molecule has 0 radical (unpaired) electrons. The summed E-state index contributed by atoms with van der Waals surface area (Å²) < 4.78 is 0. The van der Waals surface area contributed by atoms with Crippen molar-refractivity contribution in [3.63, 3.8) is 0 Å². The SMILES string of the molecule is C[C@H]([C@H](O)c1ccccc1)N1CCC(Cc2ccccc2)CC1. The van der Waals surface area contributed by atoms with Crippen molar-refractivity contribution >= 4 is 0 Å². The maximum Gasteiger partial charge on any atom is 0.0942 e. The van der Waals surface area contributed by atoms with Gasteiger partial charge in [0.15, 0.2) is 0 Å². The van der Waals surface area contributed by atoms with E-state index < -0.39 is 6.10 Å². The first kappa shape index (κ1) is 16.2. The van der Waals surface area contributed by atoms with Gasteiger partial charge in [-0.15, -0.1) is 0 Å². The summed E-state index contributed by atoms with van der Waals surface area (Å²) in [7, 11) is 0. The van der Waals surface area contributed by atoms with Gasteiger partial charge in [0, 0.05) is 6.04 Å². The summed E-state index contributed by atoms with van der Waals surface area (Å²) >= 11 is 0. The van der Waals surface area contributed by atoms with Gasteiger partial charge in [-0.3, -0.25) is 4.90 Å². The lowest BCUT2D eigenvalue weighted by Crippen LogP contribution is -2.43. The predicted octanol–water partition coefficient (Wildman–Crippen LogP) is 4.06. The quantitative estimate of drug-likeness (QED) is 0.900. The van der Waals surface area contributed by atoms with E-state index in [1.807, 2.05) is 30.3 Å². The number of piperidine rings is 1. The van der Waals surface area contributed by atoms with Gasteiger partial charge in [0.1, 0.15) is 0 Å². The highest BCUT2D eigenvalue weighted by Gasteiger charge is 2.27. The monoisotopic (exact) mass is 309 g/mol. The van der Waals surface area contributed by atoms with Crippen molar-refractivity contribution in [3.8, 4) is 0 Å². The van der Waals surface area contributed by atoms with Gasteiger partial charge >= 0.3 is 0 Å². The summed E-state index contributed by atoms with van der Waals surface area (Å²) in [6.07, 6.45) is 3.23. The van der Waals surface area contributed by atoms with Crippen LogP contribution in [0.4, 0.5) is 0 Å². The molecule has 0 aromatic heterocycles. The van der Waals surface area contributed by atoms with Gasteiger partial charge < -0.3 is 5.11 Å². The Morgan fingerprint density at radius 1 is 0.957 bits per heavy atom. The summed E-state index contributed by atoms with van der Waals surface area (Å²) in [5.41, 5.74) is 2.47. The summed E-state index contributed by atoms with van der Waals surface area (Å²) in [5, 5.41) is 10.6. The summed E-state index contributed by atoms with van der Waals surface area (Å²) in [4.78, 5) is 2.44. The normalized spacial score (nSPS) is 19.4. The Kier molecular flexibility index (Phi) is 5.47. The maximum atomic E-state index is 10.6. The maximum absolute atomic E-state index is 10.6. The zero-order chi connectivity index (χ0) is 16.1. The van der Waals surface area contributed by atoms with Crippen LogP contribution in [-0.2, 0) is 6.42 Å². The molecule has 0 bridgehead atoms. The third-order valence-electron chi connectivity index (χ3n) is 5.19. The lowest BCUT2D eigenvalue weighted by molar-refractivity contribution is 0.0373. The highest BCUT2D eigenvalue weighted by molar-refractivity contribution is 5.19. The van der Waals surface area contributed by atoms with E-state index in [1.54, 1.807) is 0 Å². The zero-order valence-electron chi connectivity index (χ0n) is 13.9. The van der Waals surface area contributed by atoms with Crippen LogP contribution in [0.1, 0.15) is 37.0 Å². The largest absolute Gasteiger partial charge is 0.387 e. The number of likely N-dealkylation sites (tertiary alicyclic amines) is 1. The van der Waals surface area contributed by atoms with Crippen molar-refractivity contribution in [2.24, 2.45) is 5.92 Å².